The van der Waals surface area contributed by atoms with E-state index in [4.69, 9.17) is 4.98 Å². The van der Waals surface area contributed by atoms with Gasteiger partial charge in [-0.3, -0.25) is 9.80 Å². The van der Waals surface area contributed by atoms with Gasteiger partial charge in [0.15, 0.2) is 0 Å². The van der Waals surface area contributed by atoms with Crippen LogP contribution in [0.15, 0.2) is 168 Å². The van der Waals surface area contributed by atoms with Crippen molar-refractivity contribution >= 4 is 46.1 Å². The molecule has 6 aromatic rings. The molecule has 2 heterocycles. The Bertz CT molecular complexity index is 1420. The first kappa shape index (κ1) is 24.5. The second-order valence-corrected chi connectivity index (χ2v) is 9.89. The fourth-order valence-corrected chi connectivity index (χ4v) is 5.29. The Morgan fingerprint density at radius 3 is 1.54 bits per heavy atom. The van der Waals surface area contributed by atoms with Gasteiger partial charge in [0.2, 0.25) is 0 Å². The molecule has 0 aliphatic rings. The Labute approximate surface area is 233 Å². The molecule has 6 rings (SSSR count). The highest BCUT2D eigenvalue weighted by Gasteiger charge is 2.16. The normalized spacial score (nSPS) is 10.7. The third kappa shape index (κ3) is 5.69. The van der Waals surface area contributed by atoms with Crippen LogP contribution in [0.25, 0.3) is 0 Å². The summed E-state index contributed by atoms with van der Waals surface area (Å²) in [4.78, 5) is 15.2. The minimum Gasteiger partial charge on any atom is -0.295 e. The van der Waals surface area contributed by atoms with E-state index in [1.165, 1.54) is 0 Å². The average Bonchev–Trinajstić information content (AvgIpc) is 3.00. The van der Waals surface area contributed by atoms with Crippen LogP contribution < -0.4 is 9.80 Å². The molecule has 0 saturated carbocycles. The van der Waals surface area contributed by atoms with Crippen molar-refractivity contribution in [1.82, 2.24) is 9.97 Å². The Kier molecular flexibility index (Phi) is 7.32. The number of rotatable bonds is 8. The van der Waals surface area contributed by atoms with E-state index in [0.29, 0.717) is 0 Å². The molecule has 188 valence electrons. The molecule has 0 aliphatic carbocycles. The van der Waals surface area contributed by atoms with Crippen LogP contribution in [0.2, 0.25) is 0 Å². The Morgan fingerprint density at radius 1 is 0.436 bits per heavy atom. The predicted molar refractivity (Wildman–Crippen MR) is 162 cm³/mol. The van der Waals surface area contributed by atoms with Gasteiger partial charge in [-0.2, -0.15) is 0 Å². The number of aromatic nitrogens is 2. The van der Waals surface area contributed by atoms with Gasteiger partial charge in [0, 0.05) is 33.8 Å². The second-order valence-electron chi connectivity index (χ2n) is 8.80. The van der Waals surface area contributed by atoms with Gasteiger partial charge in [0.05, 0.1) is 0 Å². The highest BCUT2D eigenvalue weighted by atomic mass is 32.2. The number of pyridine rings is 2. The molecule has 0 aliphatic heterocycles. The Hall–Kier alpha value is -4.87. The molecule has 5 heteroatoms. The van der Waals surface area contributed by atoms with E-state index in [2.05, 4.69) is 118 Å². The van der Waals surface area contributed by atoms with E-state index in [1.807, 2.05) is 54.7 Å². The summed E-state index contributed by atoms with van der Waals surface area (Å²) in [6, 6.07) is 51.7. The molecule has 0 unspecified atom stereocenters. The Morgan fingerprint density at radius 2 is 0.949 bits per heavy atom. The number of para-hydroxylation sites is 3. The Balaban J connectivity index is 1.34. The lowest BCUT2D eigenvalue weighted by molar-refractivity contribution is 1.08. The number of hydrogen-bond donors (Lipinski definition) is 0. The molecule has 2 aromatic heterocycles. The smallest absolute Gasteiger partial charge is 0.138 e. The van der Waals surface area contributed by atoms with Crippen LogP contribution in [0.4, 0.5) is 34.4 Å². The molecular formula is C34H26N4S. The van der Waals surface area contributed by atoms with E-state index in [-0.39, 0.29) is 0 Å². The molecule has 0 N–H and O–H groups in total. The van der Waals surface area contributed by atoms with Crippen molar-refractivity contribution < 1.29 is 0 Å². The summed E-state index contributed by atoms with van der Waals surface area (Å²) in [6.45, 7) is 0. The van der Waals surface area contributed by atoms with Crippen molar-refractivity contribution in [2.45, 2.75) is 9.92 Å². The van der Waals surface area contributed by atoms with Crippen LogP contribution in [0.3, 0.4) is 0 Å². The van der Waals surface area contributed by atoms with Crippen molar-refractivity contribution in [1.29, 1.82) is 0 Å². The maximum atomic E-state index is 5.07. The third-order valence-electron chi connectivity index (χ3n) is 6.16. The minimum atomic E-state index is 0.868. The summed E-state index contributed by atoms with van der Waals surface area (Å²) in [5, 5.41) is 0.922. The van der Waals surface area contributed by atoms with E-state index >= 15 is 0 Å². The zero-order chi connectivity index (χ0) is 26.3. The van der Waals surface area contributed by atoms with Gasteiger partial charge < -0.3 is 0 Å². The molecule has 4 aromatic carbocycles. The standard InChI is InChI=1S/C34H26N4S/c1-4-14-27(15-5-1)37(28-16-6-2-7-17-28)33-23-13-24-34(36-33)39-31-21-12-20-30(26-31)38(29-18-8-3-9-19-29)32-22-10-11-25-35-32/h1-26H. The van der Waals surface area contributed by atoms with Crippen LogP contribution in [0.1, 0.15) is 0 Å². The van der Waals surface area contributed by atoms with Crippen molar-refractivity contribution in [3.05, 3.63) is 158 Å². The molecule has 0 saturated heterocycles. The first-order valence-electron chi connectivity index (χ1n) is 12.8. The molecule has 0 atom stereocenters. The minimum absolute atomic E-state index is 0.868. The van der Waals surface area contributed by atoms with Crippen LogP contribution in [0.5, 0.6) is 0 Å². The summed E-state index contributed by atoms with van der Waals surface area (Å²) >= 11 is 1.65. The molecular weight excluding hydrogens is 496 g/mol. The first-order chi connectivity index (χ1) is 19.3. The van der Waals surface area contributed by atoms with Gasteiger partial charge in [0.1, 0.15) is 16.7 Å². The fourth-order valence-electron chi connectivity index (χ4n) is 4.44. The van der Waals surface area contributed by atoms with Crippen LogP contribution in [0, 0.1) is 0 Å². The summed E-state index contributed by atoms with van der Waals surface area (Å²) in [5.41, 5.74) is 4.22. The van der Waals surface area contributed by atoms with Crippen LogP contribution in [-0.2, 0) is 0 Å². The van der Waals surface area contributed by atoms with Crippen molar-refractivity contribution in [3.8, 4) is 0 Å². The number of anilines is 6. The van der Waals surface area contributed by atoms with Crippen molar-refractivity contribution in [3.63, 3.8) is 0 Å². The maximum absolute atomic E-state index is 5.07. The third-order valence-corrected chi connectivity index (χ3v) is 7.08. The quantitative estimate of drug-likeness (QED) is 0.199. The molecule has 0 radical (unpaired) electrons. The monoisotopic (exact) mass is 522 g/mol. The SMILES string of the molecule is c1ccc(N(c2cccc(Sc3cccc(N(c4ccccc4)c4ccccc4)n3)c2)c2ccccn2)cc1. The van der Waals surface area contributed by atoms with Crippen LogP contribution >= 0.6 is 11.8 Å². The van der Waals surface area contributed by atoms with E-state index in [9.17, 15) is 0 Å². The van der Waals surface area contributed by atoms with Gasteiger partial charge in [0.25, 0.3) is 0 Å². The average molecular weight is 523 g/mol. The molecule has 0 fully saturated rings. The zero-order valence-electron chi connectivity index (χ0n) is 21.2. The largest absolute Gasteiger partial charge is 0.295 e. The lowest BCUT2D eigenvalue weighted by Crippen LogP contribution is -2.11. The first-order valence-corrected chi connectivity index (χ1v) is 13.6. The van der Waals surface area contributed by atoms with Gasteiger partial charge in [-0.1, -0.05) is 84.6 Å². The molecule has 0 amide bonds. The summed E-state index contributed by atoms with van der Waals surface area (Å²) < 4.78 is 0. The van der Waals surface area contributed by atoms with Crippen LogP contribution in [-0.4, -0.2) is 9.97 Å². The molecule has 39 heavy (non-hydrogen) atoms. The van der Waals surface area contributed by atoms with E-state index in [1.54, 1.807) is 11.8 Å². The number of benzene rings is 4. The topological polar surface area (TPSA) is 32.3 Å². The molecule has 0 spiro atoms. The highest BCUT2D eigenvalue weighted by molar-refractivity contribution is 7.99. The van der Waals surface area contributed by atoms with E-state index < -0.39 is 0 Å². The lowest BCUT2D eigenvalue weighted by Gasteiger charge is -2.25. The van der Waals surface area contributed by atoms with Gasteiger partial charge >= 0.3 is 0 Å². The zero-order valence-corrected chi connectivity index (χ0v) is 22.0. The number of hydrogen-bond acceptors (Lipinski definition) is 5. The van der Waals surface area contributed by atoms with Gasteiger partial charge in [-0.25, -0.2) is 9.97 Å². The van der Waals surface area contributed by atoms with Crippen molar-refractivity contribution in [2.75, 3.05) is 9.80 Å². The van der Waals surface area contributed by atoms with Gasteiger partial charge in [-0.15, -0.1) is 0 Å². The summed E-state index contributed by atoms with van der Waals surface area (Å²) in [7, 11) is 0. The maximum Gasteiger partial charge on any atom is 0.138 e. The fraction of sp³-hybridized carbons (Fsp3) is 0. The number of nitrogens with zero attached hydrogens (tertiary/aromatic N) is 4. The summed E-state index contributed by atoms with van der Waals surface area (Å²) in [6.07, 6.45) is 1.82. The lowest BCUT2D eigenvalue weighted by atomic mass is 10.2. The van der Waals surface area contributed by atoms with Gasteiger partial charge in [-0.05, 0) is 78.9 Å². The second kappa shape index (κ2) is 11.7. The molecule has 0 bridgehead atoms. The van der Waals surface area contributed by atoms with E-state index in [0.717, 1.165) is 44.3 Å². The summed E-state index contributed by atoms with van der Waals surface area (Å²) in [5.74, 6) is 1.74. The highest BCUT2D eigenvalue weighted by Crippen LogP contribution is 2.38. The molecule has 4 nitrogen and oxygen atoms in total. The predicted octanol–water partition coefficient (Wildman–Crippen LogP) is 9.57. The van der Waals surface area contributed by atoms with Crippen molar-refractivity contribution in [2.24, 2.45) is 0 Å².